The number of hydrogen-bond acceptors (Lipinski definition) is 3. The zero-order valence-electron chi connectivity index (χ0n) is 13.2. The van der Waals surface area contributed by atoms with Crippen molar-refractivity contribution in [3.05, 3.63) is 33.2 Å². The topological polar surface area (TPSA) is 62.1 Å². The number of H-pyrrole nitrogens is 1. The Labute approximate surface area is 139 Å². The van der Waals surface area contributed by atoms with Gasteiger partial charge in [0.2, 0.25) is 0 Å². The lowest BCUT2D eigenvalue weighted by molar-refractivity contribution is 0.293. The number of likely N-dealkylation sites (tertiary alicyclic amines) is 1. The fourth-order valence-electron chi connectivity index (χ4n) is 2.97. The molecule has 1 saturated heterocycles. The van der Waals surface area contributed by atoms with Gasteiger partial charge in [-0.05, 0) is 25.7 Å². The van der Waals surface area contributed by atoms with Crippen LogP contribution in [0.4, 0.5) is 0 Å². The molecule has 4 nitrogen and oxygen atoms in total. The number of nitrogens with one attached hydrogen (secondary N) is 1. The van der Waals surface area contributed by atoms with Crippen molar-refractivity contribution in [2.75, 3.05) is 13.1 Å². The van der Waals surface area contributed by atoms with E-state index in [1.807, 2.05) is 13.8 Å². The van der Waals surface area contributed by atoms with E-state index in [0.29, 0.717) is 11.8 Å². The van der Waals surface area contributed by atoms with Crippen LogP contribution < -0.4 is 11.2 Å². The summed E-state index contributed by atoms with van der Waals surface area (Å²) in [5.74, 6) is 1.16. The molecule has 6 heteroatoms. The van der Waals surface area contributed by atoms with E-state index < -0.39 is 0 Å². The number of halogens is 2. The highest BCUT2D eigenvalue weighted by Crippen LogP contribution is 2.24. The maximum atomic E-state index is 11.9. The van der Waals surface area contributed by atoms with Crippen molar-refractivity contribution in [1.82, 2.24) is 9.88 Å². The monoisotopic (exact) mass is 335 g/mol. The van der Waals surface area contributed by atoms with E-state index in [9.17, 15) is 4.79 Å². The average Bonchev–Trinajstić information content (AvgIpc) is 2.71. The van der Waals surface area contributed by atoms with Crippen molar-refractivity contribution in [2.45, 2.75) is 40.3 Å². The van der Waals surface area contributed by atoms with Crippen molar-refractivity contribution < 1.29 is 0 Å². The Morgan fingerprint density at radius 2 is 1.95 bits per heavy atom. The minimum atomic E-state index is 0. The van der Waals surface area contributed by atoms with Gasteiger partial charge < -0.3 is 10.7 Å². The molecule has 21 heavy (non-hydrogen) atoms. The summed E-state index contributed by atoms with van der Waals surface area (Å²) in [5.41, 5.74) is 8.99. The van der Waals surface area contributed by atoms with Crippen LogP contribution in [0.2, 0.25) is 0 Å². The maximum absolute atomic E-state index is 11.9. The lowest BCUT2D eigenvalue weighted by Crippen LogP contribution is -2.32. The number of aromatic amines is 1. The van der Waals surface area contributed by atoms with Crippen LogP contribution in [0, 0.1) is 25.7 Å². The Bertz CT molecular complexity index is 516. The molecule has 0 saturated carbocycles. The normalized spacial score (nSPS) is 22.0. The molecule has 1 fully saturated rings. The van der Waals surface area contributed by atoms with Crippen LogP contribution in [0.15, 0.2) is 11.0 Å². The Balaban J connectivity index is 0.00000200. The summed E-state index contributed by atoms with van der Waals surface area (Å²) in [6.07, 6.45) is 1.81. The van der Waals surface area contributed by atoms with E-state index >= 15 is 0 Å². The molecule has 0 unspecified atom stereocenters. The highest BCUT2D eigenvalue weighted by atomic mass is 35.5. The first-order valence-corrected chi connectivity index (χ1v) is 7.05. The van der Waals surface area contributed by atoms with E-state index in [0.717, 1.165) is 36.5 Å². The van der Waals surface area contributed by atoms with E-state index in [1.165, 1.54) is 0 Å². The van der Waals surface area contributed by atoms with Crippen LogP contribution in [-0.4, -0.2) is 29.0 Å². The molecule has 1 aliphatic heterocycles. The van der Waals surface area contributed by atoms with E-state index in [2.05, 4.69) is 23.7 Å². The van der Waals surface area contributed by atoms with Gasteiger partial charge in [0.15, 0.2) is 5.43 Å². The first kappa shape index (κ1) is 20.5. The second kappa shape index (κ2) is 8.18. The number of nitrogens with zero attached hydrogens (tertiary/aromatic N) is 1. The number of pyridine rings is 1. The number of rotatable bonds is 3. The van der Waals surface area contributed by atoms with Crippen molar-refractivity contribution in [1.29, 1.82) is 0 Å². The molecule has 2 rings (SSSR count). The van der Waals surface area contributed by atoms with Crippen LogP contribution in [0.1, 0.15) is 30.7 Å². The van der Waals surface area contributed by atoms with Gasteiger partial charge >= 0.3 is 0 Å². The Kier molecular flexibility index (Phi) is 7.97. The van der Waals surface area contributed by atoms with Crippen LogP contribution in [0.5, 0.6) is 0 Å². The molecule has 0 aromatic carbocycles. The molecular formula is C15H27Cl2N3O. The fraction of sp³-hybridized carbons (Fsp3) is 0.667. The molecule has 0 bridgehead atoms. The standard InChI is InChI=1S/C15H25N3O.2ClH/c1-9(2)12-6-18(7-13(12)16)8-14-11(4)15(19)10(3)5-17-14;;/h5,9,12-13H,6-8,16H2,1-4H3,(H,17,19);2*1H/t12-,13+;;/m1../s1. The average molecular weight is 336 g/mol. The molecule has 1 aromatic rings. The van der Waals surface area contributed by atoms with Gasteiger partial charge in [0.1, 0.15) is 0 Å². The summed E-state index contributed by atoms with van der Waals surface area (Å²) in [6.45, 7) is 10.9. The second-order valence-corrected chi connectivity index (χ2v) is 6.17. The highest BCUT2D eigenvalue weighted by Gasteiger charge is 2.32. The zero-order chi connectivity index (χ0) is 14.2. The number of aryl methyl sites for hydroxylation is 1. The third kappa shape index (κ3) is 4.46. The van der Waals surface area contributed by atoms with Gasteiger partial charge in [-0.1, -0.05) is 13.8 Å². The second-order valence-electron chi connectivity index (χ2n) is 6.17. The Morgan fingerprint density at radius 3 is 2.48 bits per heavy atom. The molecule has 0 amide bonds. The molecule has 2 heterocycles. The van der Waals surface area contributed by atoms with Crippen LogP contribution in [-0.2, 0) is 6.54 Å². The molecule has 0 aliphatic carbocycles. The first-order chi connectivity index (χ1) is 8.90. The maximum Gasteiger partial charge on any atom is 0.187 e. The van der Waals surface area contributed by atoms with Crippen molar-refractivity contribution in [3.63, 3.8) is 0 Å². The minimum Gasteiger partial charge on any atom is -0.363 e. The summed E-state index contributed by atoms with van der Waals surface area (Å²) in [6, 6.07) is 0.248. The van der Waals surface area contributed by atoms with E-state index in [-0.39, 0.29) is 36.3 Å². The van der Waals surface area contributed by atoms with Gasteiger partial charge in [-0.15, -0.1) is 24.8 Å². The predicted molar refractivity (Wildman–Crippen MR) is 92.6 cm³/mol. The molecule has 2 atom stereocenters. The quantitative estimate of drug-likeness (QED) is 0.890. The van der Waals surface area contributed by atoms with Crippen molar-refractivity contribution in [3.8, 4) is 0 Å². The van der Waals surface area contributed by atoms with Gasteiger partial charge in [-0.3, -0.25) is 9.69 Å². The lowest BCUT2D eigenvalue weighted by Gasteiger charge is -2.19. The summed E-state index contributed by atoms with van der Waals surface area (Å²) in [7, 11) is 0. The van der Waals surface area contributed by atoms with Crippen molar-refractivity contribution in [2.24, 2.45) is 17.6 Å². The summed E-state index contributed by atoms with van der Waals surface area (Å²) in [5, 5.41) is 0. The van der Waals surface area contributed by atoms with E-state index in [1.54, 1.807) is 6.20 Å². The summed E-state index contributed by atoms with van der Waals surface area (Å²) >= 11 is 0. The number of nitrogens with two attached hydrogens (primary N) is 1. The third-order valence-corrected chi connectivity index (χ3v) is 4.34. The van der Waals surface area contributed by atoms with Gasteiger partial charge in [0.25, 0.3) is 0 Å². The summed E-state index contributed by atoms with van der Waals surface area (Å²) in [4.78, 5) is 17.5. The largest absolute Gasteiger partial charge is 0.363 e. The van der Waals surface area contributed by atoms with Gasteiger partial charge in [-0.25, -0.2) is 0 Å². The fourth-order valence-corrected chi connectivity index (χ4v) is 2.97. The van der Waals surface area contributed by atoms with Gasteiger partial charge in [0, 0.05) is 48.7 Å². The Morgan fingerprint density at radius 1 is 1.33 bits per heavy atom. The van der Waals surface area contributed by atoms with Crippen molar-refractivity contribution >= 4 is 24.8 Å². The molecule has 122 valence electrons. The predicted octanol–water partition coefficient (Wildman–Crippen LogP) is 2.25. The zero-order valence-corrected chi connectivity index (χ0v) is 14.8. The van der Waals surface area contributed by atoms with Gasteiger partial charge in [0.05, 0.1) is 0 Å². The molecule has 0 radical (unpaired) electrons. The van der Waals surface area contributed by atoms with Gasteiger partial charge in [-0.2, -0.15) is 0 Å². The minimum absolute atomic E-state index is 0. The van der Waals surface area contributed by atoms with E-state index in [4.69, 9.17) is 5.73 Å². The van der Waals surface area contributed by atoms with Crippen LogP contribution >= 0.6 is 24.8 Å². The first-order valence-electron chi connectivity index (χ1n) is 7.05. The van der Waals surface area contributed by atoms with Crippen LogP contribution in [0.3, 0.4) is 0 Å². The third-order valence-electron chi connectivity index (χ3n) is 4.34. The number of hydrogen-bond donors (Lipinski definition) is 2. The number of aromatic nitrogens is 1. The smallest absolute Gasteiger partial charge is 0.187 e. The molecule has 3 N–H and O–H groups in total. The van der Waals surface area contributed by atoms with Crippen LogP contribution in [0.25, 0.3) is 0 Å². The molecular weight excluding hydrogens is 309 g/mol. The molecule has 1 aliphatic rings. The molecule has 1 aromatic heterocycles. The summed E-state index contributed by atoms with van der Waals surface area (Å²) < 4.78 is 0. The molecule has 0 spiro atoms. The highest BCUT2D eigenvalue weighted by molar-refractivity contribution is 5.85. The lowest BCUT2D eigenvalue weighted by atomic mass is 9.92. The SMILES string of the molecule is Cc1c[nH]c(CN2C[C@H](C(C)C)[C@@H](N)C2)c(C)c1=O.Cl.Cl. The Hall–Kier alpha value is -0.550.